The molecular formula is C13H19N3OS. The van der Waals surface area contributed by atoms with Crippen LogP contribution in [0, 0.1) is 6.92 Å². The summed E-state index contributed by atoms with van der Waals surface area (Å²) < 4.78 is 3.03. The van der Waals surface area contributed by atoms with Gasteiger partial charge in [-0.3, -0.25) is 4.79 Å². The second-order valence-corrected chi connectivity index (χ2v) is 4.21. The molecule has 1 heterocycles. The molecule has 0 spiro atoms. The monoisotopic (exact) mass is 265 g/mol. The Kier molecular flexibility index (Phi) is 5.09. The first-order valence-electron chi connectivity index (χ1n) is 5.84. The molecule has 4 nitrogen and oxygen atoms in total. The molecule has 1 amide bonds. The number of hydrogen-bond acceptors (Lipinski definition) is 3. The predicted molar refractivity (Wildman–Crippen MR) is 80.0 cm³/mol. The number of primary amides is 1. The van der Waals surface area contributed by atoms with Gasteiger partial charge in [-0.2, -0.15) is 0 Å². The van der Waals surface area contributed by atoms with Crippen LogP contribution in [0.25, 0.3) is 10.9 Å². The number of nitrogens with two attached hydrogens (primary N) is 1. The van der Waals surface area contributed by atoms with Gasteiger partial charge >= 0.3 is 0 Å². The van der Waals surface area contributed by atoms with Crippen molar-refractivity contribution in [2.24, 2.45) is 5.73 Å². The molecule has 0 fully saturated rings. The number of aryl methyl sites for hydroxylation is 1. The molecule has 0 saturated carbocycles. The number of H-pyrrole nitrogens is 1. The third-order valence-corrected chi connectivity index (χ3v) is 2.81. The van der Waals surface area contributed by atoms with Crippen molar-refractivity contribution in [3.8, 4) is 0 Å². The second-order valence-electron chi connectivity index (χ2n) is 3.59. The highest BCUT2D eigenvalue weighted by Gasteiger charge is 2.15. The zero-order valence-corrected chi connectivity index (χ0v) is 11.9. The fourth-order valence-electron chi connectivity index (χ4n) is 1.75. The van der Waals surface area contributed by atoms with E-state index in [1.165, 1.54) is 11.9 Å². The third-order valence-electron chi connectivity index (χ3n) is 2.40. The third kappa shape index (κ3) is 2.79. The Morgan fingerprint density at radius 3 is 2.61 bits per heavy atom. The SMILES string of the molecule is CC.CSNc1[nH]c2cc(C)ccc2c1C(N)=O. The lowest BCUT2D eigenvalue weighted by molar-refractivity contribution is 0.100. The van der Waals surface area contributed by atoms with Gasteiger partial charge in [0.25, 0.3) is 5.91 Å². The van der Waals surface area contributed by atoms with Gasteiger partial charge in [0.1, 0.15) is 5.82 Å². The van der Waals surface area contributed by atoms with Gasteiger partial charge in [0.15, 0.2) is 0 Å². The molecular weight excluding hydrogens is 246 g/mol. The van der Waals surface area contributed by atoms with Crippen LogP contribution in [-0.2, 0) is 0 Å². The Morgan fingerprint density at radius 2 is 2.06 bits per heavy atom. The Balaban J connectivity index is 0.000000771. The van der Waals surface area contributed by atoms with Gasteiger partial charge in [0.2, 0.25) is 0 Å². The number of benzene rings is 1. The van der Waals surface area contributed by atoms with Crippen LogP contribution in [0.5, 0.6) is 0 Å². The lowest BCUT2D eigenvalue weighted by Gasteiger charge is -2.00. The average Bonchev–Trinajstić information content (AvgIpc) is 2.69. The van der Waals surface area contributed by atoms with Crippen molar-refractivity contribution in [1.29, 1.82) is 0 Å². The predicted octanol–water partition coefficient (Wildman–Crippen LogP) is 3.29. The number of carbonyl (C=O) groups is 1. The summed E-state index contributed by atoms with van der Waals surface area (Å²) >= 11 is 1.42. The minimum absolute atomic E-state index is 0.424. The summed E-state index contributed by atoms with van der Waals surface area (Å²) in [5.41, 5.74) is 7.96. The lowest BCUT2D eigenvalue weighted by atomic mass is 10.1. The summed E-state index contributed by atoms with van der Waals surface area (Å²) in [7, 11) is 0. The number of hydrogen-bond donors (Lipinski definition) is 3. The van der Waals surface area contributed by atoms with E-state index in [-0.39, 0.29) is 0 Å². The molecule has 0 radical (unpaired) electrons. The maximum absolute atomic E-state index is 11.4. The largest absolute Gasteiger partial charge is 0.365 e. The molecule has 0 saturated heterocycles. The number of carbonyl (C=O) groups excluding carboxylic acids is 1. The fourth-order valence-corrected chi connectivity index (χ4v) is 2.10. The smallest absolute Gasteiger partial charge is 0.253 e. The van der Waals surface area contributed by atoms with Gasteiger partial charge in [-0.25, -0.2) is 0 Å². The summed E-state index contributed by atoms with van der Waals surface area (Å²) in [4.78, 5) is 14.6. The van der Waals surface area contributed by atoms with E-state index >= 15 is 0 Å². The second kappa shape index (κ2) is 6.35. The molecule has 0 unspecified atom stereocenters. The van der Waals surface area contributed by atoms with Crippen LogP contribution in [0.3, 0.4) is 0 Å². The van der Waals surface area contributed by atoms with E-state index in [2.05, 4.69) is 9.71 Å². The van der Waals surface area contributed by atoms with E-state index in [1.807, 2.05) is 45.2 Å². The van der Waals surface area contributed by atoms with Crippen molar-refractivity contribution >= 4 is 34.6 Å². The first-order valence-corrected chi connectivity index (χ1v) is 7.07. The van der Waals surface area contributed by atoms with E-state index in [0.717, 1.165) is 16.5 Å². The minimum atomic E-state index is -0.424. The van der Waals surface area contributed by atoms with Crippen molar-refractivity contribution in [2.75, 3.05) is 11.0 Å². The zero-order valence-electron chi connectivity index (χ0n) is 11.1. The topological polar surface area (TPSA) is 70.9 Å². The Labute approximate surface area is 111 Å². The maximum atomic E-state index is 11.4. The number of rotatable bonds is 3. The van der Waals surface area contributed by atoms with Crippen LogP contribution in [0.4, 0.5) is 5.82 Å². The number of aromatic nitrogens is 1. The minimum Gasteiger partial charge on any atom is -0.365 e. The number of fused-ring (bicyclic) bond motifs is 1. The van der Waals surface area contributed by atoms with Crippen LogP contribution in [0.1, 0.15) is 29.8 Å². The average molecular weight is 265 g/mol. The van der Waals surface area contributed by atoms with Crippen LogP contribution in [-0.4, -0.2) is 17.1 Å². The van der Waals surface area contributed by atoms with Gasteiger partial charge in [-0.15, -0.1) is 0 Å². The van der Waals surface area contributed by atoms with E-state index < -0.39 is 5.91 Å². The molecule has 1 aromatic heterocycles. The summed E-state index contributed by atoms with van der Waals surface area (Å²) in [6.45, 7) is 6.01. The first-order chi connectivity index (χ1) is 8.63. The van der Waals surface area contributed by atoms with Crippen molar-refractivity contribution in [1.82, 2.24) is 4.98 Å². The summed E-state index contributed by atoms with van der Waals surface area (Å²) in [6.07, 6.45) is 1.89. The van der Waals surface area contributed by atoms with Gasteiger partial charge in [-0.05, 0) is 18.6 Å². The van der Waals surface area contributed by atoms with Crippen LogP contribution in [0.15, 0.2) is 18.2 Å². The van der Waals surface area contributed by atoms with E-state index in [1.54, 1.807) is 0 Å². The fraction of sp³-hybridized carbons (Fsp3) is 0.308. The van der Waals surface area contributed by atoms with E-state index in [9.17, 15) is 4.79 Å². The van der Waals surface area contributed by atoms with Crippen molar-refractivity contribution in [3.63, 3.8) is 0 Å². The molecule has 4 N–H and O–H groups in total. The van der Waals surface area contributed by atoms with Gasteiger partial charge < -0.3 is 15.4 Å². The highest BCUT2D eigenvalue weighted by Crippen LogP contribution is 2.27. The molecule has 1 aromatic carbocycles. The number of amides is 1. The van der Waals surface area contributed by atoms with E-state index in [4.69, 9.17) is 5.73 Å². The van der Waals surface area contributed by atoms with Crippen LogP contribution < -0.4 is 10.5 Å². The van der Waals surface area contributed by atoms with Gasteiger partial charge in [0, 0.05) is 17.2 Å². The molecule has 0 bridgehead atoms. The molecule has 2 rings (SSSR count). The zero-order chi connectivity index (χ0) is 13.7. The summed E-state index contributed by atoms with van der Waals surface area (Å²) in [6, 6.07) is 5.87. The molecule has 5 heteroatoms. The van der Waals surface area contributed by atoms with Crippen molar-refractivity contribution in [2.45, 2.75) is 20.8 Å². The van der Waals surface area contributed by atoms with Gasteiger partial charge in [0.05, 0.1) is 5.56 Å². The summed E-state index contributed by atoms with van der Waals surface area (Å²) in [5, 5.41) is 0.856. The number of anilines is 1. The van der Waals surface area contributed by atoms with Gasteiger partial charge in [-0.1, -0.05) is 37.9 Å². The highest BCUT2D eigenvalue weighted by atomic mass is 32.2. The van der Waals surface area contributed by atoms with Crippen LogP contribution in [0.2, 0.25) is 0 Å². The highest BCUT2D eigenvalue weighted by molar-refractivity contribution is 7.99. The summed E-state index contributed by atoms with van der Waals surface area (Å²) in [5.74, 6) is 0.243. The molecule has 0 atom stereocenters. The number of nitrogens with one attached hydrogen (secondary N) is 2. The Hall–Kier alpha value is -1.62. The maximum Gasteiger partial charge on any atom is 0.253 e. The quantitative estimate of drug-likeness (QED) is 0.746. The van der Waals surface area contributed by atoms with Crippen molar-refractivity contribution < 1.29 is 4.79 Å². The van der Waals surface area contributed by atoms with E-state index in [0.29, 0.717) is 11.4 Å². The lowest BCUT2D eigenvalue weighted by Crippen LogP contribution is -2.12. The molecule has 0 aliphatic rings. The Morgan fingerprint density at radius 1 is 1.39 bits per heavy atom. The number of aromatic amines is 1. The normalized spacial score (nSPS) is 9.78. The molecule has 2 aromatic rings. The Bertz CT molecular complexity index is 548. The first kappa shape index (κ1) is 14.4. The molecule has 18 heavy (non-hydrogen) atoms. The molecule has 98 valence electrons. The molecule has 0 aliphatic heterocycles. The standard InChI is InChI=1S/C11H13N3OS.C2H6/c1-6-3-4-7-8(5-6)13-11(14-16-2)9(7)10(12)15;1-2/h3-5,13-14H,1-2H3,(H2,12,15);1-2H3. The van der Waals surface area contributed by atoms with Crippen LogP contribution >= 0.6 is 11.9 Å². The van der Waals surface area contributed by atoms with Crippen molar-refractivity contribution in [3.05, 3.63) is 29.3 Å². The molecule has 0 aliphatic carbocycles.